The van der Waals surface area contributed by atoms with E-state index in [4.69, 9.17) is 5.11 Å². The molecule has 3 nitrogen and oxygen atoms in total. The van der Waals surface area contributed by atoms with Crippen molar-refractivity contribution in [2.45, 2.75) is 25.8 Å². The number of benzene rings is 1. The van der Waals surface area contributed by atoms with Crippen LogP contribution in [0.5, 0.6) is 0 Å². The molecule has 2 N–H and O–H groups in total. The van der Waals surface area contributed by atoms with Gasteiger partial charge in [-0.25, -0.2) is 8.78 Å². The molecule has 1 aromatic carbocycles. The van der Waals surface area contributed by atoms with Crippen molar-refractivity contribution in [1.29, 1.82) is 0 Å². The van der Waals surface area contributed by atoms with Gasteiger partial charge in [0, 0.05) is 24.8 Å². The summed E-state index contributed by atoms with van der Waals surface area (Å²) in [6.07, 6.45) is 1.74. The van der Waals surface area contributed by atoms with Gasteiger partial charge in [0.15, 0.2) is 11.6 Å². The fourth-order valence-electron chi connectivity index (χ4n) is 2.98. The molecule has 118 valence electrons. The quantitative estimate of drug-likeness (QED) is 0.811. The van der Waals surface area contributed by atoms with Crippen molar-refractivity contribution >= 4 is 0 Å². The van der Waals surface area contributed by atoms with Crippen LogP contribution >= 0.6 is 0 Å². The number of hydrogen-bond donors (Lipinski definition) is 2. The fourth-order valence-corrected chi connectivity index (χ4v) is 2.98. The third kappa shape index (κ3) is 4.22. The number of nitrogens with zero attached hydrogens (tertiary/aromatic N) is 1. The summed E-state index contributed by atoms with van der Waals surface area (Å²) in [5.74, 6) is -1.19. The van der Waals surface area contributed by atoms with Crippen LogP contribution in [-0.2, 0) is 0 Å². The highest BCUT2D eigenvalue weighted by atomic mass is 19.2. The third-order valence-corrected chi connectivity index (χ3v) is 4.17. The van der Waals surface area contributed by atoms with Crippen LogP contribution in [0.3, 0.4) is 0 Å². The summed E-state index contributed by atoms with van der Waals surface area (Å²) in [6, 6.07) is 4.16. The predicted molar refractivity (Wildman–Crippen MR) is 79.0 cm³/mol. The van der Waals surface area contributed by atoms with Gasteiger partial charge in [-0.1, -0.05) is 19.1 Å². The highest BCUT2D eigenvalue weighted by molar-refractivity contribution is 5.22. The number of halogens is 2. The molecular weight excluding hydrogens is 274 g/mol. The van der Waals surface area contributed by atoms with Crippen molar-refractivity contribution in [3.8, 4) is 0 Å². The van der Waals surface area contributed by atoms with Crippen LogP contribution in [0.25, 0.3) is 0 Å². The molecule has 0 radical (unpaired) electrons. The molecule has 2 unspecified atom stereocenters. The molecule has 0 spiro atoms. The summed E-state index contributed by atoms with van der Waals surface area (Å²) >= 11 is 0. The van der Waals surface area contributed by atoms with Crippen molar-refractivity contribution in [2.24, 2.45) is 5.92 Å². The zero-order valence-corrected chi connectivity index (χ0v) is 12.5. The minimum Gasteiger partial charge on any atom is -0.396 e. The van der Waals surface area contributed by atoms with Crippen LogP contribution in [0.4, 0.5) is 8.78 Å². The van der Waals surface area contributed by atoms with E-state index in [-0.39, 0.29) is 12.6 Å². The van der Waals surface area contributed by atoms with E-state index in [0.29, 0.717) is 18.0 Å². The van der Waals surface area contributed by atoms with Crippen LogP contribution in [0.1, 0.15) is 31.4 Å². The SMILES string of the molecule is CCNC(CCN1CCC(CO)C1)c1cccc(F)c1F. The Balaban J connectivity index is 1.98. The van der Waals surface area contributed by atoms with Gasteiger partial charge in [-0.05, 0) is 44.5 Å². The first-order chi connectivity index (χ1) is 10.2. The maximum atomic E-state index is 13.9. The van der Waals surface area contributed by atoms with Crippen LogP contribution in [0, 0.1) is 17.6 Å². The summed E-state index contributed by atoms with van der Waals surface area (Å²) in [5, 5.41) is 12.4. The average molecular weight is 298 g/mol. The fraction of sp³-hybridized carbons (Fsp3) is 0.625. The molecule has 0 amide bonds. The predicted octanol–water partition coefficient (Wildman–Crippen LogP) is 2.32. The maximum absolute atomic E-state index is 13.9. The molecular formula is C16H24F2N2O. The summed E-state index contributed by atoms with van der Waals surface area (Å²) in [5.41, 5.74) is 0.398. The first-order valence-electron chi connectivity index (χ1n) is 7.66. The van der Waals surface area contributed by atoms with Crippen molar-refractivity contribution < 1.29 is 13.9 Å². The van der Waals surface area contributed by atoms with E-state index >= 15 is 0 Å². The largest absolute Gasteiger partial charge is 0.396 e. The van der Waals surface area contributed by atoms with Gasteiger partial charge in [-0.3, -0.25) is 0 Å². The maximum Gasteiger partial charge on any atom is 0.163 e. The molecule has 1 saturated heterocycles. The van der Waals surface area contributed by atoms with Crippen molar-refractivity contribution in [3.63, 3.8) is 0 Å². The van der Waals surface area contributed by atoms with E-state index in [2.05, 4.69) is 10.2 Å². The number of aliphatic hydroxyl groups is 1. The summed E-state index contributed by atoms with van der Waals surface area (Å²) in [6.45, 7) is 5.58. The van der Waals surface area contributed by atoms with Gasteiger partial charge < -0.3 is 15.3 Å². The molecule has 21 heavy (non-hydrogen) atoms. The van der Waals surface area contributed by atoms with Gasteiger partial charge >= 0.3 is 0 Å². The third-order valence-electron chi connectivity index (χ3n) is 4.17. The van der Waals surface area contributed by atoms with Gasteiger partial charge in [0.25, 0.3) is 0 Å². The Kier molecular flexibility index (Phi) is 6.08. The molecule has 1 fully saturated rings. The second kappa shape index (κ2) is 7.82. The van der Waals surface area contributed by atoms with Gasteiger partial charge in [0.1, 0.15) is 0 Å². The molecule has 5 heteroatoms. The smallest absolute Gasteiger partial charge is 0.163 e. The molecule has 0 aliphatic carbocycles. The first kappa shape index (κ1) is 16.3. The Morgan fingerprint density at radius 2 is 2.24 bits per heavy atom. The second-order valence-electron chi connectivity index (χ2n) is 5.68. The second-order valence-corrected chi connectivity index (χ2v) is 5.68. The Hall–Kier alpha value is -1.04. The summed E-state index contributed by atoms with van der Waals surface area (Å²) in [4.78, 5) is 2.28. The van der Waals surface area contributed by atoms with Crippen molar-refractivity contribution in [2.75, 3.05) is 32.8 Å². The molecule has 0 bridgehead atoms. The standard InChI is InChI=1S/C16H24F2N2O/c1-2-19-15(13-4-3-5-14(17)16(13)18)7-9-20-8-6-12(10-20)11-21/h3-5,12,15,19,21H,2,6-11H2,1H3. The highest BCUT2D eigenvalue weighted by Gasteiger charge is 2.23. The number of likely N-dealkylation sites (tertiary alicyclic amines) is 1. The van der Waals surface area contributed by atoms with Gasteiger partial charge in [0.05, 0.1) is 0 Å². The Labute approximate surface area is 125 Å². The lowest BCUT2D eigenvalue weighted by molar-refractivity contribution is 0.219. The molecule has 0 saturated carbocycles. The minimum atomic E-state index is -0.795. The van der Waals surface area contributed by atoms with Gasteiger partial charge in [-0.15, -0.1) is 0 Å². The molecule has 1 heterocycles. The van der Waals surface area contributed by atoms with E-state index in [1.165, 1.54) is 0 Å². The zero-order chi connectivity index (χ0) is 15.2. The monoisotopic (exact) mass is 298 g/mol. The first-order valence-corrected chi connectivity index (χ1v) is 7.66. The lowest BCUT2D eigenvalue weighted by Crippen LogP contribution is -2.29. The molecule has 2 atom stereocenters. The Morgan fingerprint density at radius 3 is 2.90 bits per heavy atom. The average Bonchev–Trinajstić information content (AvgIpc) is 2.95. The van der Waals surface area contributed by atoms with Gasteiger partial charge in [0.2, 0.25) is 0 Å². The summed E-state index contributed by atoms with van der Waals surface area (Å²) < 4.78 is 27.3. The Morgan fingerprint density at radius 1 is 1.43 bits per heavy atom. The van der Waals surface area contributed by atoms with Crippen molar-refractivity contribution in [1.82, 2.24) is 10.2 Å². The number of hydrogen-bond acceptors (Lipinski definition) is 3. The minimum absolute atomic E-state index is 0.182. The number of nitrogens with one attached hydrogen (secondary N) is 1. The van der Waals surface area contributed by atoms with Crippen molar-refractivity contribution in [3.05, 3.63) is 35.4 Å². The van der Waals surface area contributed by atoms with E-state index in [0.717, 1.165) is 38.5 Å². The van der Waals surface area contributed by atoms with Crippen LogP contribution in [0.2, 0.25) is 0 Å². The molecule has 2 rings (SSSR count). The van der Waals surface area contributed by atoms with E-state index in [9.17, 15) is 8.78 Å². The van der Waals surface area contributed by atoms with Gasteiger partial charge in [-0.2, -0.15) is 0 Å². The Bertz CT molecular complexity index is 456. The number of rotatable bonds is 7. The highest BCUT2D eigenvalue weighted by Crippen LogP contribution is 2.24. The molecule has 0 aromatic heterocycles. The molecule has 1 aromatic rings. The zero-order valence-electron chi connectivity index (χ0n) is 12.5. The molecule has 1 aliphatic rings. The number of aliphatic hydroxyl groups excluding tert-OH is 1. The topological polar surface area (TPSA) is 35.5 Å². The van der Waals surface area contributed by atoms with E-state index < -0.39 is 11.6 Å². The van der Waals surface area contributed by atoms with Crippen LogP contribution in [0.15, 0.2) is 18.2 Å². The summed E-state index contributed by atoms with van der Waals surface area (Å²) in [7, 11) is 0. The van der Waals surface area contributed by atoms with E-state index in [1.54, 1.807) is 12.1 Å². The molecule has 1 aliphatic heterocycles. The lowest BCUT2D eigenvalue weighted by atomic mass is 10.0. The normalized spacial score (nSPS) is 20.9. The van der Waals surface area contributed by atoms with Crippen LogP contribution < -0.4 is 5.32 Å². The van der Waals surface area contributed by atoms with Crippen LogP contribution in [-0.4, -0.2) is 42.8 Å². The lowest BCUT2D eigenvalue weighted by Gasteiger charge is -2.23. The van der Waals surface area contributed by atoms with E-state index in [1.807, 2.05) is 6.92 Å².